The highest BCUT2D eigenvalue weighted by atomic mass is 16.5. The summed E-state index contributed by atoms with van der Waals surface area (Å²) < 4.78 is 5.16. The van der Waals surface area contributed by atoms with Crippen LogP contribution in [0, 0.1) is 0 Å². The third-order valence-corrected chi connectivity index (χ3v) is 5.88. The number of methoxy groups -OCH3 is 1. The second-order valence-electron chi connectivity index (χ2n) is 8.47. The van der Waals surface area contributed by atoms with E-state index in [0.29, 0.717) is 36.7 Å². The molecule has 36 heavy (non-hydrogen) atoms. The van der Waals surface area contributed by atoms with Crippen LogP contribution in [0.5, 0.6) is 5.75 Å². The Morgan fingerprint density at radius 1 is 1.00 bits per heavy atom. The SMILES string of the molecule is COc1ccc(C(O)CCNC(=O)c2cnc(N(C)Cc3ccccc3)nc2-c2ccccc2)cc1. The Morgan fingerprint density at radius 2 is 1.67 bits per heavy atom. The number of hydrogen-bond donors (Lipinski definition) is 2. The van der Waals surface area contributed by atoms with Gasteiger partial charge in [0.05, 0.1) is 24.5 Å². The summed E-state index contributed by atoms with van der Waals surface area (Å²) in [6.07, 6.45) is 1.24. The van der Waals surface area contributed by atoms with Crippen molar-refractivity contribution in [2.75, 3.05) is 25.6 Å². The van der Waals surface area contributed by atoms with Gasteiger partial charge in [0.1, 0.15) is 5.75 Å². The molecule has 3 aromatic carbocycles. The summed E-state index contributed by atoms with van der Waals surface area (Å²) in [7, 11) is 3.53. The van der Waals surface area contributed by atoms with E-state index in [1.807, 2.05) is 72.6 Å². The second-order valence-corrected chi connectivity index (χ2v) is 8.47. The molecular formula is C29H30N4O3. The molecule has 0 spiro atoms. The van der Waals surface area contributed by atoms with Crippen LogP contribution in [0.2, 0.25) is 0 Å². The van der Waals surface area contributed by atoms with E-state index in [4.69, 9.17) is 9.72 Å². The number of carbonyl (C=O) groups excluding carboxylic acids is 1. The highest BCUT2D eigenvalue weighted by molar-refractivity contribution is 5.99. The Morgan fingerprint density at radius 3 is 2.33 bits per heavy atom. The fourth-order valence-corrected chi connectivity index (χ4v) is 3.88. The van der Waals surface area contributed by atoms with Gasteiger partial charge in [-0.25, -0.2) is 9.97 Å². The molecule has 7 nitrogen and oxygen atoms in total. The lowest BCUT2D eigenvalue weighted by molar-refractivity contribution is 0.0942. The van der Waals surface area contributed by atoms with Crippen molar-refractivity contribution in [1.82, 2.24) is 15.3 Å². The fraction of sp³-hybridized carbons (Fsp3) is 0.207. The number of nitrogens with zero attached hydrogens (tertiary/aromatic N) is 3. The first-order chi connectivity index (χ1) is 17.5. The highest BCUT2D eigenvalue weighted by Gasteiger charge is 2.18. The number of amides is 1. The summed E-state index contributed by atoms with van der Waals surface area (Å²) in [4.78, 5) is 24.3. The smallest absolute Gasteiger partial charge is 0.255 e. The average Bonchev–Trinajstić information content (AvgIpc) is 2.93. The standard InChI is InChI=1S/C29H30N4O3/c1-33(20-21-9-5-3-6-10-21)29-31-19-25(27(32-29)23-11-7-4-8-12-23)28(35)30-18-17-26(34)22-13-15-24(36-2)16-14-22/h3-16,19,26,34H,17-18,20H2,1-2H3,(H,30,35). The van der Waals surface area contributed by atoms with Gasteiger partial charge in [0.25, 0.3) is 5.91 Å². The molecule has 0 fully saturated rings. The van der Waals surface area contributed by atoms with Crippen molar-refractivity contribution in [2.24, 2.45) is 0 Å². The van der Waals surface area contributed by atoms with E-state index in [2.05, 4.69) is 22.4 Å². The van der Waals surface area contributed by atoms with Crippen LogP contribution in [0.15, 0.2) is 91.1 Å². The molecule has 184 valence electrons. The molecule has 0 bridgehead atoms. The van der Waals surface area contributed by atoms with Crippen LogP contribution in [0.1, 0.15) is 34.0 Å². The lowest BCUT2D eigenvalue weighted by atomic mass is 10.1. The number of benzene rings is 3. The minimum Gasteiger partial charge on any atom is -0.497 e. The van der Waals surface area contributed by atoms with Crippen molar-refractivity contribution >= 4 is 11.9 Å². The maximum absolute atomic E-state index is 13.1. The van der Waals surface area contributed by atoms with Gasteiger partial charge in [-0.1, -0.05) is 72.8 Å². The van der Waals surface area contributed by atoms with Gasteiger partial charge in [-0.05, 0) is 29.7 Å². The molecule has 0 radical (unpaired) electrons. The number of ether oxygens (including phenoxy) is 1. The predicted octanol–water partition coefficient (Wildman–Crippen LogP) is 4.64. The number of aliphatic hydroxyl groups is 1. The van der Waals surface area contributed by atoms with Crippen LogP contribution in [0.4, 0.5) is 5.95 Å². The first-order valence-electron chi connectivity index (χ1n) is 11.8. The van der Waals surface area contributed by atoms with Crippen molar-refractivity contribution in [1.29, 1.82) is 0 Å². The Labute approximate surface area is 211 Å². The zero-order valence-electron chi connectivity index (χ0n) is 20.5. The summed E-state index contributed by atoms with van der Waals surface area (Å²) in [6.45, 7) is 0.944. The Balaban J connectivity index is 1.48. The number of hydrogen-bond acceptors (Lipinski definition) is 6. The zero-order chi connectivity index (χ0) is 25.3. The van der Waals surface area contributed by atoms with Gasteiger partial charge in [-0.2, -0.15) is 0 Å². The first-order valence-corrected chi connectivity index (χ1v) is 11.8. The van der Waals surface area contributed by atoms with Crippen molar-refractivity contribution in [3.8, 4) is 17.0 Å². The van der Waals surface area contributed by atoms with Crippen LogP contribution in [0.3, 0.4) is 0 Å². The van der Waals surface area contributed by atoms with Crippen molar-refractivity contribution in [2.45, 2.75) is 19.1 Å². The van der Waals surface area contributed by atoms with Crippen molar-refractivity contribution < 1.29 is 14.6 Å². The number of carbonyl (C=O) groups is 1. The first kappa shape index (κ1) is 24.9. The Bertz CT molecular complexity index is 1260. The van der Waals surface area contributed by atoms with E-state index in [1.54, 1.807) is 25.4 Å². The summed E-state index contributed by atoms with van der Waals surface area (Å²) in [5.41, 5.74) is 3.69. The third kappa shape index (κ3) is 6.25. The van der Waals surface area contributed by atoms with Crippen molar-refractivity contribution in [3.63, 3.8) is 0 Å². The van der Waals surface area contributed by atoms with Crippen LogP contribution in [-0.4, -0.2) is 41.7 Å². The number of anilines is 1. The number of rotatable bonds is 10. The molecule has 0 saturated carbocycles. The van der Waals surface area contributed by atoms with Gasteiger partial charge < -0.3 is 20.1 Å². The maximum atomic E-state index is 13.1. The highest BCUT2D eigenvalue weighted by Crippen LogP contribution is 2.24. The van der Waals surface area contributed by atoms with E-state index in [9.17, 15) is 9.90 Å². The zero-order valence-corrected chi connectivity index (χ0v) is 20.5. The number of aromatic nitrogens is 2. The minimum absolute atomic E-state index is 0.284. The third-order valence-electron chi connectivity index (χ3n) is 5.88. The predicted molar refractivity (Wildman–Crippen MR) is 141 cm³/mol. The normalized spacial score (nSPS) is 11.5. The molecule has 0 aliphatic carbocycles. The fourth-order valence-electron chi connectivity index (χ4n) is 3.88. The minimum atomic E-state index is -0.699. The Kier molecular flexibility index (Phi) is 8.26. The molecular weight excluding hydrogens is 452 g/mol. The molecule has 0 saturated heterocycles. The Hall–Kier alpha value is -4.23. The monoisotopic (exact) mass is 482 g/mol. The van der Waals surface area contributed by atoms with E-state index in [-0.39, 0.29) is 5.91 Å². The quantitative estimate of drug-likeness (QED) is 0.342. The second kappa shape index (κ2) is 12.0. The average molecular weight is 483 g/mol. The number of aliphatic hydroxyl groups excluding tert-OH is 1. The molecule has 1 heterocycles. The molecule has 1 aromatic heterocycles. The van der Waals surface area contributed by atoms with Crippen molar-refractivity contribution in [3.05, 3.63) is 108 Å². The molecule has 0 aliphatic heterocycles. The van der Waals surface area contributed by atoms with Crippen LogP contribution in [-0.2, 0) is 6.54 Å². The van der Waals surface area contributed by atoms with Gasteiger partial charge in [0.2, 0.25) is 5.95 Å². The summed E-state index contributed by atoms with van der Waals surface area (Å²) in [5, 5.41) is 13.4. The topological polar surface area (TPSA) is 87.6 Å². The molecule has 1 atom stereocenters. The maximum Gasteiger partial charge on any atom is 0.255 e. The molecule has 0 aliphatic rings. The molecule has 4 aromatic rings. The van der Waals surface area contributed by atoms with E-state index in [0.717, 1.165) is 22.4 Å². The number of nitrogens with one attached hydrogen (secondary N) is 1. The summed E-state index contributed by atoms with van der Waals surface area (Å²) in [5.74, 6) is 0.975. The molecule has 2 N–H and O–H groups in total. The van der Waals surface area contributed by atoms with Crippen LogP contribution < -0.4 is 15.0 Å². The van der Waals surface area contributed by atoms with E-state index >= 15 is 0 Å². The molecule has 1 unspecified atom stereocenters. The molecule has 7 heteroatoms. The molecule has 1 amide bonds. The van der Waals surface area contributed by atoms with Gasteiger partial charge in [-0.3, -0.25) is 4.79 Å². The van der Waals surface area contributed by atoms with Gasteiger partial charge >= 0.3 is 0 Å². The lowest BCUT2D eigenvalue weighted by Gasteiger charge is -2.19. The van der Waals surface area contributed by atoms with Crippen LogP contribution >= 0.6 is 0 Å². The van der Waals surface area contributed by atoms with Gasteiger partial charge in [0, 0.05) is 31.9 Å². The summed E-state index contributed by atoms with van der Waals surface area (Å²) in [6, 6.07) is 26.9. The summed E-state index contributed by atoms with van der Waals surface area (Å²) >= 11 is 0. The lowest BCUT2D eigenvalue weighted by Crippen LogP contribution is -2.27. The van der Waals surface area contributed by atoms with E-state index < -0.39 is 6.10 Å². The van der Waals surface area contributed by atoms with Gasteiger partial charge in [-0.15, -0.1) is 0 Å². The molecule has 4 rings (SSSR count). The largest absolute Gasteiger partial charge is 0.497 e. The van der Waals surface area contributed by atoms with E-state index in [1.165, 1.54) is 0 Å². The van der Waals surface area contributed by atoms with Gasteiger partial charge in [0.15, 0.2) is 0 Å². The van der Waals surface area contributed by atoms with Crippen LogP contribution in [0.25, 0.3) is 11.3 Å².